The molecule has 3 heteroatoms. The molecular weight excluding hydrogens is 264 g/mol. The molecule has 0 radical (unpaired) electrons. The molecule has 1 aromatic carbocycles. The Kier molecular flexibility index (Phi) is 4.08. The summed E-state index contributed by atoms with van der Waals surface area (Å²) >= 11 is 1.90. The summed E-state index contributed by atoms with van der Waals surface area (Å²) in [6.45, 7) is 0.990. The van der Waals surface area contributed by atoms with Gasteiger partial charge in [-0.2, -0.15) is 0 Å². The van der Waals surface area contributed by atoms with Crippen molar-refractivity contribution in [1.82, 2.24) is 4.90 Å². The average molecular weight is 286 g/mol. The third kappa shape index (κ3) is 3.05. The molecule has 0 aliphatic heterocycles. The third-order valence-electron chi connectivity index (χ3n) is 3.82. The Balaban J connectivity index is 1.76. The highest BCUT2D eigenvalue weighted by molar-refractivity contribution is 7.10. The molecule has 0 saturated heterocycles. The number of hydrogen-bond acceptors (Lipinski definition) is 3. The van der Waals surface area contributed by atoms with Crippen molar-refractivity contribution in [1.29, 1.82) is 0 Å². The molecule has 20 heavy (non-hydrogen) atoms. The Labute approximate surface area is 125 Å². The van der Waals surface area contributed by atoms with Gasteiger partial charge in [-0.1, -0.05) is 12.1 Å². The number of nitrogens with zero attached hydrogens (tertiary/aromatic N) is 1. The van der Waals surface area contributed by atoms with Crippen LogP contribution in [0.4, 0.5) is 5.69 Å². The van der Waals surface area contributed by atoms with Crippen LogP contribution in [0.1, 0.15) is 34.9 Å². The van der Waals surface area contributed by atoms with E-state index in [0.717, 1.165) is 6.54 Å². The molecule has 1 N–H and O–H groups in total. The first kappa shape index (κ1) is 13.7. The van der Waals surface area contributed by atoms with Crippen molar-refractivity contribution >= 4 is 17.0 Å². The summed E-state index contributed by atoms with van der Waals surface area (Å²) < 4.78 is 0. The standard InChI is InChI=1S/C17H22N2S/c1-19(2)12-13-5-3-6-14(11-13)18-16-7-4-8-17-15(16)9-10-20-17/h3,5-6,9-11,16,18H,4,7-8,12H2,1-2H3. The predicted octanol–water partition coefficient (Wildman–Crippen LogP) is 4.30. The minimum atomic E-state index is 0.486. The molecule has 0 fully saturated rings. The Bertz CT molecular complexity index is 574. The first-order valence-electron chi connectivity index (χ1n) is 7.29. The molecular formula is C17H22N2S. The smallest absolute Gasteiger partial charge is 0.0524 e. The zero-order valence-electron chi connectivity index (χ0n) is 12.2. The lowest BCUT2D eigenvalue weighted by atomic mass is 9.94. The zero-order chi connectivity index (χ0) is 13.9. The fraction of sp³-hybridized carbons (Fsp3) is 0.412. The summed E-state index contributed by atoms with van der Waals surface area (Å²) in [5.74, 6) is 0. The second-order valence-corrected chi connectivity index (χ2v) is 6.83. The molecule has 2 aromatic rings. The van der Waals surface area contributed by atoms with Crippen molar-refractivity contribution in [3.63, 3.8) is 0 Å². The molecule has 0 spiro atoms. The summed E-state index contributed by atoms with van der Waals surface area (Å²) in [5.41, 5.74) is 4.12. The van der Waals surface area contributed by atoms with E-state index in [1.54, 1.807) is 4.88 Å². The van der Waals surface area contributed by atoms with Crippen molar-refractivity contribution in [2.24, 2.45) is 0 Å². The van der Waals surface area contributed by atoms with E-state index >= 15 is 0 Å². The molecule has 1 aliphatic rings. The Hall–Kier alpha value is -1.32. The van der Waals surface area contributed by atoms with E-state index in [2.05, 4.69) is 60.0 Å². The molecule has 2 nitrogen and oxygen atoms in total. The summed E-state index contributed by atoms with van der Waals surface area (Å²) in [6, 6.07) is 11.6. The second-order valence-electron chi connectivity index (χ2n) is 5.83. The number of thiophene rings is 1. The van der Waals surface area contributed by atoms with Gasteiger partial charge in [-0.25, -0.2) is 0 Å². The van der Waals surface area contributed by atoms with Crippen molar-refractivity contribution < 1.29 is 0 Å². The molecule has 1 unspecified atom stereocenters. The normalized spacial score (nSPS) is 18.1. The number of fused-ring (bicyclic) bond motifs is 1. The lowest BCUT2D eigenvalue weighted by molar-refractivity contribution is 0.402. The van der Waals surface area contributed by atoms with Crippen molar-refractivity contribution in [2.75, 3.05) is 19.4 Å². The fourth-order valence-electron chi connectivity index (χ4n) is 2.96. The van der Waals surface area contributed by atoms with Crippen LogP contribution >= 0.6 is 11.3 Å². The van der Waals surface area contributed by atoms with E-state index in [9.17, 15) is 0 Å². The van der Waals surface area contributed by atoms with Gasteiger partial charge in [0.2, 0.25) is 0 Å². The molecule has 3 rings (SSSR count). The number of hydrogen-bond donors (Lipinski definition) is 1. The van der Waals surface area contributed by atoms with Gasteiger partial charge < -0.3 is 10.2 Å². The van der Waals surface area contributed by atoms with Gasteiger partial charge in [0.15, 0.2) is 0 Å². The van der Waals surface area contributed by atoms with Crippen molar-refractivity contribution in [3.8, 4) is 0 Å². The number of aryl methyl sites for hydroxylation is 1. The van der Waals surface area contributed by atoms with Gasteiger partial charge in [-0.3, -0.25) is 0 Å². The van der Waals surface area contributed by atoms with Gasteiger partial charge in [0.25, 0.3) is 0 Å². The molecule has 1 aliphatic carbocycles. The lowest BCUT2D eigenvalue weighted by Gasteiger charge is -2.25. The lowest BCUT2D eigenvalue weighted by Crippen LogP contribution is -2.16. The van der Waals surface area contributed by atoms with E-state index < -0.39 is 0 Å². The van der Waals surface area contributed by atoms with Crippen LogP contribution in [0.15, 0.2) is 35.7 Å². The number of rotatable bonds is 4. The SMILES string of the molecule is CN(C)Cc1cccc(NC2CCCc3sccc32)c1. The van der Waals surface area contributed by atoms with Gasteiger partial charge in [-0.05, 0) is 68.1 Å². The van der Waals surface area contributed by atoms with Gasteiger partial charge >= 0.3 is 0 Å². The minimum Gasteiger partial charge on any atom is -0.378 e. The number of nitrogens with one attached hydrogen (secondary N) is 1. The number of benzene rings is 1. The van der Waals surface area contributed by atoms with Crippen LogP contribution in [0.25, 0.3) is 0 Å². The van der Waals surface area contributed by atoms with Gasteiger partial charge in [0, 0.05) is 17.1 Å². The van der Waals surface area contributed by atoms with Crippen molar-refractivity contribution in [2.45, 2.75) is 31.8 Å². The quantitative estimate of drug-likeness (QED) is 0.901. The number of anilines is 1. The molecule has 1 heterocycles. The maximum absolute atomic E-state index is 3.72. The van der Waals surface area contributed by atoms with E-state index in [-0.39, 0.29) is 0 Å². The highest BCUT2D eigenvalue weighted by atomic mass is 32.1. The molecule has 1 aromatic heterocycles. The highest BCUT2D eigenvalue weighted by Crippen LogP contribution is 2.35. The summed E-state index contributed by atoms with van der Waals surface area (Å²) in [6.07, 6.45) is 3.79. The first-order chi connectivity index (χ1) is 9.72. The largest absolute Gasteiger partial charge is 0.378 e. The fourth-order valence-corrected chi connectivity index (χ4v) is 3.95. The van der Waals surface area contributed by atoms with Gasteiger partial charge in [-0.15, -0.1) is 11.3 Å². The Morgan fingerprint density at radius 2 is 2.20 bits per heavy atom. The third-order valence-corrected chi connectivity index (χ3v) is 4.82. The van der Waals surface area contributed by atoms with Gasteiger partial charge in [0.1, 0.15) is 0 Å². The Morgan fingerprint density at radius 1 is 1.30 bits per heavy atom. The Morgan fingerprint density at radius 3 is 3.05 bits per heavy atom. The molecule has 1 atom stereocenters. The highest BCUT2D eigenvalue weighted by Gasteiger charge is 2.20. The van der Waals surface area contributed by atoms with Crippen LogP contribution in [-0.2, 0) is 13.0 Å². The maximum atomic E-state index is 3.72. The molecule has 0 bridgehead atoms. The first-order valence-corrected chi connectivity index (χ1v) is 8.17. The summed E-state index contributed by atoms with van der Waals surface area (Å²) in [5, 5.41) is 5.95. The molecule has 0 saturated carbocycles. The second kappa shape index (κ2) is 5.98. The van der Waals surface area contributed by atoms with E-state index in [4.69, 9.17) is 0 Å². The molecule has 106 valence electrons. The van der Waals surface area contributed by atoms with E-state index in [0.29, 0.717) is 6.04 Å². The molecule has 0 amide bonds. The van der Waals surface area contributed by atoms with E-state index in [1.165, 1.54) is 36.1 Å². The van der Waals surface area contributed by atoms with Crippen LogP contribution in [0, 0.1) is 0 Å². The van der Waals surface area contributed by atoms with Gasteiger partial charge in [0.05, 0.1) is 6.04 Å². The van der Waals surface area contributed by atoms with Crippen LogP contribution in [0.5, 0.6) is 0 Å². The van der Waals surface area contributed by atoms with Crippen LogP contribution in [0.3, 0.4) is 0 Å². The summed E-state index contributed by atoms with van der Waals surface area (Å²) in [7, 11) is 4.22. The summed E-state index contributed by atoms with van der Waals surface area (Å²) in [4.78, 5) is 3.77. The maximum Gasteiger partial charge on any atom is 0.0524 e. The van der Waals surface area contributed by atoms with Crippen LogP contribution in [0.2, 0.25) is 0 Å². The zero-order valence-corrected chi connectivity index (χ0v) is 13.0. The van der Waals surface area contributed by atoms with Crippen LogP contribution in [-0.4, -0.2) is 19.0 Å². The monoisotopic (exact) mass is 286 g/mol. The van der Waals surface area contributed by atoms with Crippen LogP contribution < -0.4 is 5.32 Å². The van der Waals surface area contributed by atoms with Crippen molar-refractivity contribution in [3.05, 3.63) is 51.7 Å². The topological polar surface area (TPSA) is 15.3 Å². The predicted molar refractivity (Wildman–Crippen MR) is 87.5 cm³/mol. The van der Waals surface area contributed by atoms with E-state index in [1.807, 2.05) is 11.3 Å². The minimum absolute atomic E-state index is 0.486. The average Bonchev–Trinajstić information content (AvgIpc) is 2.88.